The average Bonchev–Trinajstić information content (AvgIpc) is 2.18. The number of rotatable bonds is 3. The van der Waals surface area contributed by atoms with E-state index in [-0.39, 0.29) is 5.54 Å². The van der Waals surface area contributed by atoms with Gasteiger partial charge in [0.2, 0.25) is 5.95 Å². The Bertz CT molecular complexity index is 295. The molecule has 0 saturated carbocycles. The normalized spacial score (nSPS) is 11.5. The molecule has 3 nitrogen and oxygen atoms in total. The SMILES string of the molecule is CCC(C)(C)N(C)c1ncc(I)cn1. The molecule has 1 heterocycles. The molecule has 1 aromatic heterocycles. The van der Waals surface area contributed by atoms with E-state index in [4.69, 9.17) is 0 Å². The molecular weight excluding hydrogens is 289 g/mol. The van der Waals surface area contributed by atoms with Crippen molar-refractivity contribution in [2.45, 2.75) is 32.7 Å². The molecule has 78 valence electrons. The van der Waals surface area contributed by atoms with Crippen molar-refractivity contribution in [3.63, 3.8) is 0 Å². The fourth-order valence-corrected chi connectivity index (χ4v) is 1.27. The second-order valence-corrected chi connectivity index (χ2v) is 5.17. The lowest BCUT2D eigenvalue weighted by Crippen LogP contribution is -2.41. The second kappa shape index (κ2) is 4.42. The van der Waals surface area contributed by atoms with Crippen LogP contribution >= 0.6 is 22.6 Å². The number of aromatic nitrogens is 2. The molecule has 14 heavy (non-hydrogen) atoms. The van der Waals surface area contributed by atoms with Crippen LogP contribution < -0.4 is 4.90 Å². The predicted octanol–water partition coefficient (Wildman–Crippen LogP) is 2.71. The lowest BCUT2D eigenvalue weighted by molar-refractivity contribution is 0.463. The summed E-state index contributed by atoms with van der Waals surface area (Å²) in [4.78, 5) is 10.7. The van der Waals surface area contributed by atoms with Gasteiger partial charge in [-0.25, -0.2) is 9.97 Å². The van der Waals surface area contributed by atoms with Gasteiger partial charge in [0.15, 0.2) is 0 Å². The predicted molar refractivity (Wildman–Crippen MR) is 67.5 cm³/mol. The largest absolute Gasteiger partial charge is 0.339 e. The lowest BCUT2D eigenvalue weighted by atomic mass is 10.0. The number of halogens is 1. The third-order valence-corrected chi connectivity index (χ3v) is 3.24. The Balaban J connectivity index is 2.89. The van der Waals surface area contributed by atoms with Gasteiger partial charge >= 0.3 is 0 Å². The van der Waals surface area contributed by atoms with Crippen LogP contribution in [0.1, 0.15) is 27.2 Å². The molecule has 0 spiro atoms. The van der Waals surface area contributed by atoms with E-state index in [1.807, 2.05) is 19.4 Å². The molecule has 0 bridgehead atoms. The average molecular weight is 305 g/mol. The summed E-state index contributed by atoms with van der Waals surface area (Å²) in [5, 5.41) is 0. The molecule has 0 aliphatic carbocycles. The summed E-state index contributed by atoms with van der Waals surface area (Å²) in [6.07, 6.45) is 4.75. The Hall–Kier alpha value is -0.390. The van der Waals surface area contributed by atoms with E-state index in [0.29, 0.717) is 0 Å². The standard InChI is InChI=1S/C10H16IN3/c1-5-10(2,3)14(4)9-12-6-8(11)7-13-9/h6-7H,5H2,1-4H3. The first kappa shape index (κ1) is 11.7. The molecule has 0 saturated heterocycles. The minimum atomic E-state index is 0.104. The summed E-state index contributed by atoms with van der Waals surface area (Å²) in [7, 11) is 2.03. The van der Waals surface area contributed by atoms with Crippen molar-refractivity contribution in [2.75, 3.05) is 11.9 Å². The van der Waals surface area contributed by atoms with Crippen LogP contribution in [0.2, 0.25) is 0 Å². The Morgan fingerprint density at radius 2 is 1.86 bits per heavy atom. The van der Waals surface area contributed by atoms with Crippen LogP contribution in [-0.4, -0.2) is 22.6 Å². The summed E-state index contributed by atoms with van der Waals surface area (Å²) in [6.45, 7) is 6.55. The van der Waals surface area contributed by atoms with Crippen molar-refractivity contribution >= 4 is 28.5 Å². The van der Waals surface area contributed by atoms with Crippen molar-refractivity contribution in [1.82, 2.24) is 9.97 Å². The van der Waals surface area contributed by atoms with Gasteiger partial charge in [0, 0.05) is 28.6 Å². The molecule has 0 amide bonds. The Morgan fingerprint density at radius 1 is 1.36 bits per heavy atom. The van der Waals surface area contributed by atoms with E-state index in [1.165, 1.54) is 0 Å². The van der Waals surface area contributed by atoms with Crippen molar-refractivity contribution < 1.29 is 0 Å². The van der Waals surface area contributed by atoms with Crippen LogP contribution in [0.3, 0.4) is 0 Å². The zero-order valence-electron chi connectivity index (χ0n) is 9.08. The maximum Gasteiger partial charge on any atom is 0.225 e. The Morgan fingerprint density at radius 3 is 2.29 bits per heavy atom. The zero-order chi connectivity index (χ0) is 10.8. The smallest absolute Gasteiger partial charge is 0.225 e. The van der Waals surface area contributed by atoms with Gasteiger partial charge < -0.3 is 4.90 Å². The van der Waals surface area contributed by atoms with Crippen molar-refractivity contribution in [3.8, 4) is 0 Å². The van der Waals surface area contributed by atoms with Gasteiger partial charge in [0.05, 0.1) is 0 Å². The van der Waals surface area contributed by atoms with Crippen LogP contribution in [0, 0.1) is 3.57 Å². The Kier molecular flexibility index (Phi) is 3.69. The highest BCUT2D eigenvalue weighted by Crippen LogP contribution is 2.21. The molecule has 0 aliphatic heterocycles. The van der Waals surface area contributed by atoms with Crippen LogP contribution in [-0.2, 0) is 0 Å². The molecule has 0 N–H and O–H groups in total. The van der Waals surface area contributed by atoms with E-state index in [0.717, 1.165) is 15.9 Å². The minimum Gasteiger partial charge on any atom is -0.339 e. The first-order chi connectivity index (χ1) is 6.47. The quantitative estimate of drug-likeness (QED) is 0.804. The topological polar surface area (TPSA) is 29.0 Å². The van der Waals surface area contributed by atoms with Gasteiger partial charge in [0.25, 0.3) is 0 Å². The highest BCUT2D eigenvalue weighted by molar-refractivity contribution is 14.1. The minimum absolute atomic E-state index is 0.104. The summed E-state index contributed by atoms with van der Waals surface area (Å²) in [5.41, 5.74) is 0.104. The molecule has 0 fully saturated rings. The number of hydrogen-bond acceptors (Lipinski definition) is 3. The molecule has 1 rings (SSSR count). The molecule has 0 unspecified atom stereocenters. The molecule has 0 radical (unpaired) electrons. The summed E-state index contributed by atoms with van der Waals surface area (Å²) in [6, 6.07) is 0. The molecule has 0 aliphatic rings. The number of hydrogen-bond donors (Lipinski definition) is 0. The van der Waals surface area contributed by atoms with E-state index >= 15 is 0 Å². The summed E-state index contributed by atoms with van der Waals surface area (Å²) < 4.78 is 1.06. The highest BCUT2D eigenvalue weighted by Gasteiger charge is 2.22. The number of nitrogens with zero attached hydrogens (tertiary/aromatic N) is 3. The molecule has 0 atom stereocenters. The third kappa shape index (κ3) is 2.56. The Labute approximate surface area is 99.1 Å². The van der Waals surface area contributed by atoms with Crippen LogP contribution in [0.4, 0.5) is 5.95 Å². The molecular formula is C10H16IN3. The van der Waals surface area contributed by atoms with Crippen molar-refractivity contribution in [3.05, 3.63) is 16.0 Å². The molecule has 4 heteroatoms. The molecule has 1 aromatic rings. The van der Waals surface area contributed by atoms with Crippen LogP contribution in [0.15, 0.2) is 12.4 Å². The van der Waals surface area contributed by atoms with E-state index < -0.39 is 0 Å². The highest BCUT2D eigenvalue weighted by atomic mass is 127. The summed E-state index contributed by atoms with van der Waals surface area (Å²) >= 11 is 2.21. The second-order valence-electron chi connectivity index (χ2n) is 3.93. The first-order valence-corrected chi connectivity index (χ1v) is 5.76. The van der Waals surface area contributed by atoms with E-state index in [9.17, 15) is 0 Å². The fourth-order valence-electron chi connectivity index (χ4n) is 0.987. The van der Waals surface area contributed by atoms with E-state index in [1.54, 1.807) is 0 Å². The number of anilines is 1. The first-order valence-electron chi connectivity index (χ1n) is 4.69. The van der Waals surface area contributed by atoms with Gasteiger partial charge in [0.1, 0.15) is 0 Å². The maximum atomic E-state index is 4.30. The monoisotopic (exact) mass is 305 g/mol. The fraction of sp³-hybridized carbons (Fsp3) is 0.600. The van der Waals surface area contributed by atoms with Gasteiger partial charge in [-0.2, -0.15) is 0 Å². The van der Waals surface area contributed by atoms with Gasteiger partial charge in [-0.1, -0.05) is 6.92 Å². The van der Waals surface area contributed by atoms with Crippen LogP contribution in [0.25, 0.3) is 0 Å². The maximum absolute atomic E-state index is 4.30. The van der Waals surface area contributed by atoms with Crippen LogP contribution in [0.5, 0.6) is 0 Å². The van der Waals surface area contributed by atoms with Gasteiger partial charge in [-0.05, 0) is 42.9 Å². The lowest BCUT2D eigenvalue weighted by Gasteiger charge is -2.34. The van der Waals surface area contributed by atoms with Gasteiger partial charge in [-0.15, -0.1) is 0 Å². The van der Waals surface area contributed by atoms with Crippen molar-refractivity contribution in [2.24, 2.45) is 0 Å². The third-order valence-electron chi connectivity index (χ3n) is 2.68. The van der Waals surface area contributed by atoms with Crippen molar-refractivity contribution in [1.29, 1.82) is 0 Å². The zero-order valence-corrected chi connectivity index (χ0v) is 11.2. The van der Waals surface area contributed by atoms with E-state index in [2.05, 4.69) is 58.2 Å². The molecule has 0 aromatic carbocycles. The van der Waals surface area contributed by atoms with Gasteiger partial charge in [-0.3, -0.25) is 0 Å². The summed E-state index contributed by atoms with van der Waals surface area (Å²) in [5.74, 6) is 0.789.